The van der Waals surface area contributed by atoms with E-state index in [-0.39, 0.29) is 48.8 Å². The molecule has 1 saturated heterocycles. The Kier molecular flexibility index (Phi) is 10.0. The largest absolute Gasteiger partial charge is 0.481 e. The number of rotatable bonds is 13. The predicted molar refractivity (Wildman–Crippen MR) is 148 cm³/mol. The smallest absolute Gasteiger partial charge is 0.404 e. The number of hydrazine groups is 1. The summed E-state index contributed by atoms with van der Waals surface area (Å²) in [6.45, 7) is 11.9. The Labute approximate surface area is 235 Å². The third-order valence-electron chi connectivity index (χ3n) is 8.64. The van der Waals surface area contributed by atoms with E-state index in [9.17, 15) is 24.5 Å². The van der Waals surface area contributed by atoms with Crippen molar-refractivity contribution in [1.29, 1.82) is 0 Å². The molecule has 14 nitrogen and oxygen atoms in total. The standard InChI is InChI=1S/C25H44BN7O7/c1-14(2)10-20(26-39-19-12-16-11-18(24(16,4)5)25(19,6)40-26)31-22(36)17(30-21(35)13-29-15(3)34)8-7-9-28-23(27)32-33(37)38/h14,16-20H,7-13H2,1-6H3,(H,29,34)(H,30,35)(H,31,36)(H3,27,28,32)/t16-,17+,18-,19-,20+,25+/m1/s1. The van der Waals surface area contributed by atoms with Gasteiger partial charge in [-0.05, 0) is 62.2 Å². The van der Waals surface area contributed by atoms with Crippen molar-refractivity contribution in [3.63, 3.8) is 0 Å². The molecule has 6 N–H and O–H groups in total. The lowest BCUT2D eigenvalue weighted by Gasteiger charge is -2.64. The van der Waals surface area contributed by atoms with Gasteiger partial charge in [0.1, 0.15) is 6.04 Å². The number of carbonyl (C=O) groups is 3. The molecule has 2 bridgehead atoms. The van der Waals surface area contributed by atoms with E-state index in [1.165, 1.54) is 6.92 Å². The Bertz CT molecular complexity index is 1010. The van der Waals surface area contributed by atoms with Gasteiger partial charge >= 0.3 is 7.12 Å². The monoisotopic (exact) mass is 565 g/mol. The van der Waals surface area contributed by atoms with Crippen LogP contribution in [0.5, 0.6) is 0 Å². The highest BCUT2D eigenvalue weighted by Gasteiger charge is 2.68. The summed E-state index contributed by atoms with van der Waals surface area (Å²) < 4.78 is 13.1. The Morgan fingerprint density at radius 3 is 2.50 bits per heavy atom. The van der Waals surface area contributed by atoms with Crippen molar-refractivity contribution in [3.05, 3.63) is 10.1 Å². The Hall–Kier alpha value is -2.94. The molecule has 4 fully saturated rings. The van der Waals surface area contributed by atoms with Gasteiger partial charge in [-0.15, -0.1) is 0 Å². The summed E-state index contributed by atoms with van der Waals surface area (Å²) in [7, 11) is -0.621. The molecular weight excluding hydrogens is 521 g/mol. The van der Waals surface area contributed by atoms with Gasteiger partial charge in [0.2, 0.25) is 17.7 Å². The molecule has 0 aromatic heterocycles. The molecule has 0 spiro atoms. The third kappa shape index (κ3) is 7.42. The normalized spacial score (nSPS) is 28.1. The van der Waals surface area contributed by atoms with Crippen LogP contribution in [0.2, 0.25) is 0 Å². The molecule has 0 aromatic rings. The van der Waals surface area contributed by atoms with Crippen LogP contribution in [0.1, 0.15) is 73.6 Å². The molecular formula is C25H44BN7O7. The molecule has 6 atom stereocenters. The van der Waals surface area contributed by atoms with Gasteiger partial charge in [-0.3, -0.25) is 14.4 Å². The Morgan fingerprint density at radius 2 is 1.90 bits per heavy atom. The van der Waals surface area contributed by atoms with Crippen LogP contribution >= 0.6 is 0 Å². The van der Waals surface area contributed by atoms with Crippen molar-refractivity contribution in [2.24, 2.45) is 33.9 Å². The zero-order valence-corrected chi connectivity index (χ0v) is 24.3. The maximum absolute atomic E-state index is 13.5. The van der Waals surface area contributed by atoms with Gasteiger partial charge in [0, 0.05) is 13.5 Å². The van der Waals surface area contributed by atoms with E-state index in [1.807, 2.05) is 0 Å². The highest BCUT2D eigenvalue weighted by molar-refractivity contribution is 6.48. The Balaban J connectivity index is 1.69. The van der Waals surface area contributed by atoms with E-state index in [0.717, 1.165) is 12.8 Å². The summed E-state index contributed by atoms with van der Waals surface area (Å²) in [6.07, 6.45) is 3.11. The van der Waals surface area contributed by atoms with Gasteiger partial charge in [0.05, 0.1) is 24.2 Å². The van der Waals surface area contributed by atoms with Crippen LogP contribution in [0, 0.1) is 33.3 Å². The summed E-state index contributed by atoms with van der Waals surface area (Å²) in [6, 6.07) is -0.943. The van der Waals surface area contributed by atoms with E-state index >= 15 is 0 Å². The van der Waals surface area contributed by atoms with Crippen LogP contribution in [0.4, 0.5) is 0 Å². The summed E-state index contributed by atoms with van der Waals surface area (Å²) in [5, 5.41) is 17.8. The number of carbonyl (C=O) groups excluding carboxylic acids is 3. The van der Waals surface area contributed by atoms with Crippen LogP contribution in [0.25, 0.3) is 0 Å². The molecule has 3 amide bonds. The minimum absolute atomic E-state index is 0.0370. The SMILES string of the molecule is CC(=O)NCC(=O)N[C@@H](CCCN=C(N)N[N+](=O)[O-])C(=O)N[C@@H](CC(C)C)B1O[C@@H]2C[C@H]3C[C@H](C3(C)C)[C@]2(C)O1. The first-order chi connectivity index (χ1) is 18.6. The molecule has 0 aromatic carbocycles. The second-order valence-electron chi connectivity index (χ2n) is 12.4. The molecule has 1 heterocycles. The van der Waals surface area contributed by atoms with Crippen LogP contribution in [-0.4, -0.2) is 72.6 Å². The minimum Gasteiger partial charge on any atom is -0.404 e. The fourth-order valence-corrected chi connectivity index (χ4v) is 6.44. The van der Waals surface area contributed by atoms with Crippen molar-refractivity contribution in [3.8, 4) is 0 Å². The lowest BCUT2D eigenvalue weighted by Crippen LogP contribution is -2.65. The molecule has 3 aliphatic carbocycles. The quantitative estimate of drug-likeness (QED) is 0.0520. The van der Waals surface area contributed by atoms with Crippen LogP contribution < -0.4 is 27.1 Å². The fourth-order valence-electron chi connectivity index (χ4n) is 6.44. The average molecular weight is 565 g/mol. The van der Waals surface area contributed by atoms with E-state index in [1.54, 1.807) is 5.43 Å². The molecule has 40 heavy (non-hydrogen) atoms. The number of nitrogens with one attached hydrogen (secondary N) is 4. The van der Waals surface area contributed by atoms with E-state index in [2.05, 4.69) is 55.6 Å². The second kappa shape index (κ2) is 12.7. The van der Waals surface area contributed by atoms with E-state index in [4.69, 9.17) is 15.0 Å². The zero-order chi connectivity index (χ0) is 29.8. The van der Waals surface area contributed by atoms with Gasteiger partial charge in [-0.2, -0.15) is 0 Å². The third-order valence-corrected chi connectivity index (χ3v) is 8.64. The molecule has 15 heteroatoms. The number of guanidine groups is 1. The number of aliphatic imine (C=N–C) groups is 1. The molecule has 1 aliphatic heterocycles. The number of hydrogen-bond donors (Lipinski definition) is 5. The van der Waals surface area contributed by atoms with Crippen LogP contribution in [0.3, 0.4) is 0 Å². The summed E-state index contributed by atoms with van der Waals surface area (Å²) >= 11 is 0. The fraction of sp³-hybridized carbons (Fsp3) is 0.840. The van der Waals surface area contributed by atoms with Gasteiger partial charge < -0.3 is 31.0 Å². The summed E-state index contributed by atoms with van der Waals surface area (Å²) in [5.74, 6) is -0.909. The molecule has 224 valence electrons. The van der Waals surface area contributed by atoms with Gasteiger partial charge in [-0.25, -0.2) is 15.1 Å². The molecule has 0 radical (unpaired) electrons. The average Bonchev–Trinajstić information content (AvgIpc) is 3.20. The lowest BCUT2D eigenvalue weighted by molar-refractivity contribution is -0.525. The van der Waals surface area contributed by atoms with Crippen molar-refractivity contribution < 1.29 is 28.7 Å². The lowest BCUT2D eigenvalue weighted by atomic mass is 9.43. The minimum atomic E-state index is -0.943. The van der Waals surface area contributed by atoms with Crippen molar-refractivity contribution >= 4 is 30.8 Å². The van der Waals surface area contributed by atoms with Crippen LogP contribution in [0.15, 0.2) is 4.99 Å². The maximum Gasteiger partial charge on any atom is 0.481 e. The van der Waals surface area contributed by atoms with Crippen molar-refractivity contribution in [1.82, 2.24) is 21.4 Å². The van der Waals surface area contributed by atoms with Gasteiger partial charge in [-0.1, -0.05) is 33.1 Å². The molecule has 3 saturated carbocycles. The topological polar surface area (TPSA) is 199 Å². The number of nitrogens with two attached hydrogens (primary N) is 1. The molecule has 4 aliphatic rings. The molecule has 4 rings (SSSR count). The highest BCUT2D eigenvalue weighted by atomic mass is 16.7. The number of hydrogen-bond acceptors (Lipinski definition) is 8. The first-order valence-electron chi connectivity index (χ1n) is 14.0. The number of amides is 3. The molecule has 0 unspecified atom stereocenters. The van der Waals surface area contributed by atoms with E-state index < -0.39 is 41.5 Å². The van der Waals surface area contributed by atoms with Crippen LogP contribution in [-0.2, 0) is 23.7 Å². The summed E-state index contributed by atoms with van der Waals surface area (Å²) in [4.78, 5) is 51.6. The number of nitrogens with zero attached hydrogens (tertiary/aromatic N) is 2. The zero-order valence-electron chi connectivity index (χ0n) is 24.3. The maximum atomic E-state index is 13.5. The predicted octanol–water partition coefficient (Wildman–Crippen LogP) is 0.282. The number of nitro groups is 1. The first-order valence-corrected chi connectivity index (χ1v) is 14.0. The Morgan fingerprint density at radius 1 is 1.20 bits per heavy atom. The first kappa shape index (κ1) is 31.6. The van der Waals surface area contributed by atoms with E-state index in [0.29, 0.717) is 24.7 Å². The van der Waals surface area contributed by atoms with Crippen molar-refractivity contribution in [2.45, 2.75) is 97.3 Å². The van der Waals surface area contributed by atoms with Gasteiger partial charge in [0.25, 0.3) is 5.96 Å². The van der Waals surface area contributed by atoms with Crippen molar-refractivity contribution in [2.75, 3.05) is 13.1 Å². The highest BCUT2D eigenvalue weighted by Crippen LogP contribution is 2.65. The second-order valence-corrected chi connectivity index (χ2v) is 12.4. The summed E-state index contributed by atoms with van der Waals surface area (Å²) in [5.41, 5.74) is 6.97. The van der Waals surface area contributed by atoms with Gasteiger partial charge in [0.15, 0.2) is 5.03 Å².